The molecule has 2 aliphatic rings. The lowest BCUT2D eigenvalue weighted by Crippen LogP contribution is -2.53. The molecule has 1 N–H and O–H groups in total. The fourth-order valence-electron chi connectivity index (χ4n) is 5.09. The third-order valence-electron chi connectivity index (χ3n) is 8.26. The standard InChI is InChI=1S/C28H41BN2O6Si/c1-28(2,3)38(4,5)37-23(22(30-27(29)35)17-19-11-7-6-8-12-19)18-20-13-9-10-14-21(20)26(34)36-31-24(32)15-16-25(31)33/h6-8,11-12,20-23H,9-10,13-18H2,1-5H3,(H,30,35). The smallest absolute Gasteiger partial charge is 0.336 e. The van der Waals surface area contributed by atoms with Gasteiger partial charge in [-0.15, -0.1) is 5.06 Å². The van der Waals surface area contributed by atoms with Crippen molar-refractivity contribution in [1.82, 2.24) is 10.4 Å². The predicted molar refractivity (Wildman–Crippen MR) is 148 cm³/mol. The first-order chi connectivity index (χ1) is 17.8. The number of amides is 3. The van der Waals surface area contributed by atoms with Crippen LogP contribution in [0.4, 0.5) is 4.79 Å². The van der Waals surface area contributed by atoms with Crippen molar-refractivity contribution in [3.8, 4) is 0 Å². The summed E-state index contributed by atoms with van der Waals surface area (Å²) in [5.74, 6) is -2.70. The Labute approximate surface area is 228 Å². The van der Waals surface area contributed by atoms with Crippen LogP contribution in [0.2, 0.25) is 18.1 Å². The average Bonchev–Trinajstić information content (AvgIpc) is 3.15. The first-order valence-electron chi connectivity index (χ1n) is 13.6. The molecule has 1 heterocycles. The minimum Gasteiger partial charge on any atom is -0.412 e. The van der Waals surface area contributed by atoms with Crippen LogP contribution >= 0.6 is 0 Å². The fraction of sp³-hybridized carbons (Fsp3) is 0.643. The van der Waals surface area contributed by atoms with Crippen LogP contribution in [0.5, 0.6) is 0 Å². The second-order valence-electron chi connectivity index (χ2n) is 12.1. The first kappa shape index (κ1) is 30.1. The summed E-state index contributed by atoms with van der Waals surface area (Å²) in [6.45, 7) is 10.8. The summed E-state index contributed by atoms with van der Waals surface area (Å²) >= 11 is 0. The molecule has 3 amide bonds. The van der Waals surface area contributed by atoms with Crippen molar-refractivity contribution in [1.29, 1.82) is 0 Å². The second kappa shape index (κ2) is 12.6. The number of carbonyl (C=O) groups excluding carboxylic acids is 4. The lowest BCUT2D eigenvalue weighted by Gasteiger charge is -2.43. The van der Waals surface area contributed by atoms with E-state index >= 15 is 0 Å². The van der Waals surface area contributed by atoms with Gasteiger partial charge in [0.25, 0.3) is 11.8 Å². The lowest BCUT2D eigenvalue weighted by molar-refractivity contribution is -0.202. The molecular weight excluding hydrogens is 499 g/mol. The summed E-state index contributed by atoms with van der Waals surface area (Å²) in [7, 11) is 3.34. The molecule has 1 aliphatic carbocycles. The summed E-state index contributed by atoms with van der Waals surface area (Å²) in [5.41, 5.74) is 1.04. The molecule has 0 aromatic heterocycles. The van der Waals surface area contributed by atoms with Crippen LogP contribution in [0.1, 0.15) is 71.3 Å². The highest BCUT2D eigenvalue weighted by atomic mass is 28.4. The van der Waals surface area contributed by atoms with E-state index in [4.69, 9.17) is 17.1 Å². The lowest BCUT2D eigenvalue weighted by atomic mass is 9.75. The number of hydroxylamine groups is 2. The molecule has 10 heteroatoms. The SMILES string of the molecule is [B]C(=O)NC(Cc1ccccc1)C(CC1CCCCC1C(=O)ON1C(=O)CCC1=O)O[Si](C)(C)C(C)(C)C. The van der Waals surface area contributed by atoms with E-state index in [-0.39, 0.29) is 23.8 Å². The molecule has 1 aromatic carbocycles. The molecule has 2 fully saturated rings. The van der Waals surface area contributed by atoms with Crippen LogP contribution in [-0.4, -0.2) is 57.0 Å². The zero-order chi connectivity index (χ0) is 28.1. The molecule has 2 radical (unpaired) electrons. The van der Waals surface area contributed by atoms with Crippen molar-refractivity contribution in [3.63, 3.8) is 0 Å². The zero-order valence-electron chi connectivity index (χ0n) is 23.3. The highest BCUT2D eigenvalue weighted by Crippen LogP contribution is 2.41. The Kier molecular flexibility index (Phi) is 9.97. The number of rotatable bonds is 10. The number of nitrogens with zero attached hydrogens (tertiary/aromatic N) is 1. The van der Waals surface area contributed by atoms with Crippen LogP contribution < -0.4 is 5.32 Å². The van der Waals surface area contributed by atoms with Crippen LogP contribution in [0.3, 0.4) is 0 Å². The number of benzene rings is 1. The summed E-state index contributed by atoms with van der Waals surface area (Å²) < 4.78 is 6.93. The van der Waals surface area contributed by atoms with Gasteiger partial charge < -0.3 is 14.6 Å². The van der Waals surface area contributed by atoms with Crippen molar-refractivity contribution in [2.45, 2.75) is 102 Å². The molecule has 1 aromatic rings. The number of hydrogen-bond donors (Lipinski definition) is 1. The second-order valence-corrected chi connectivity index (χ2v) is 16.9. The van der Waals surface area contributed by atoms with Crippen LogP contribution in [0.15, 0.2) is 30.3 Å². The number of carbonyl (C=O) groups is 4. The number of imide groups is 1. The first-order valence-corrected chi connectivity index (χ1v) is 16.5. The highest BCUT2D eigenvalue weighted by Gasteiger charge is 2.44. The maximum atomic E-state index is 13.2. The molecular formula is C28H41BN2O6Si. The topological polar surface area (TPSA) is 102 Å². The van der Waals surface area contributed by atoms with Crippen LogP contribution in [0.25, 0.3) is 0 Å². The van der Waals surface area contributed by atoms with Crippen molar-refractivity contribution >= 4 is 39.8 Å². The number of nitrogens with one attached hydrogen (secondary N) is 1. The van der Waals surface area contributed by atoms with Gasteiger partial charge in [0.15, 0.2) is 14.1 Å². The third-order valence-corrected chi connectivity index (χ3v) is 12.8. The molecule has 4 atom stereocenters. The summed E-state index contributed by atoms with van der Waals surface area (Å²) in [5, 5.41) is 3.49. The van der Waals surface area contributed by atoms with Gasteiger partial charge in [0.1, 0.15) is 0 Å². The quantitative estimate of drug-likeness (QED) is 0.342. The van der Waals surface area contributed by atoms with E-state index in [9.17, 15) is 19.2 Å². The molecule has 1 saturated carbocycles. The Morgan fingerprint density at radius 2 is 1.68 bits per heavy atom. The van der Waals surface area contributed by atoms with Crippen LogP contribution in [0, 0.1) is 11.8 Å². The van der Waals surface area contributed by atoms with Gasteiger partial charge in [-0.25, -0.2) is 4.79 Å². The van der Waals surface area contributed by atoms with E-state index < -0.39 is 50.0 Å². The Balaban J connectivity index is 1.88. The highest BCUT2D eigenvalue weighted by molar-refractivity contribution is 6.74. The summed E-state index contributed by atoms with van der Waals surface area (Å²) in [6.07, 6.45) is 3.98. The average molecular weight is 541 g/mol. The van der Waals surface area contributed by atoms with Gasteiger partial charge in [-0.1, -0.05) is 63.9 Å². The maximum absolute atomic E-state index is 13.2. The normalized spacial score (nSPS) is 22.2. The Bertz CT molecular complexity index is 996. The third kappa shape index (κ3) is 7.79. The van der Waals surface area contributed by atoms with Crippen molar-refractivity contribution in [3.05, 3.63) is 35.9 Å². The van der Waals surface area contributed by atoms with E-state index in [2.05, 4.69) is 39.2 Å². The van der Waals surface area contributed by atoms with E-state index in [0.717, 1.165) is 24.8 Å². The van der Waals surface area contributed by atoms with Crippen molar-refractivity contribution in [2.75, 3.05) is 0 Å². The molecule has 206 valence electrons. The molecule has 38 heavy (non-hydrogen) atoms. The van der Waals surface area contributed by atoms with Gasteiger partial charge >= 0.3 is 5.97 Å². The molecule has 4 unspecified atom stereocenters. The van der Waals surface area contributed by atoms with Gasteiger partial charge in [0.05, 0.1) is 18.1 Å². The summed E-state index contributed by atoms with van der Waals surface area (Å²) in [4.78, 5) is 54.8. The monoisotopic (exact) mass is 540 g/mol. The molecule has 1 aliphatic heterocycles. The molecule has 1 saturated heterocycles. The Morgan fingerprint density at radius 3 is 2.26 bits per heavy atom. The van der Waals surface area contributed by atoms with E-state index in [1.165, 1.54) is 0 Å². The molecule has 3 rings (SSSR count). The Hall–Kier alpha value is -2.46. The van der Waals surface area contributed by atoms with E-state index in [1.807, 2.05) is 30.3 Å². The minimum atomic E-state index is -2.29. The van der Waals surface area contributed by atoms with E-state index in [1.54, 1.807) is 0 Å². The largest absolute Gasteiger partial charge is 0.412 e. The number of hydrogen-bond acceptors (Lipinski definition) is 6. The molecule has 0 bridgehead atoms. The van der Waals surface area contributed by atoms with Gasteiger partial charge in [0, 0.05) is 12.8 Å². The Morgan fingerprint density at radius 1 is 1.08 bits per heavy atom. The van der Waals surface area contributed by atoms with E-state index in [0.29, 0.717) is 24.3 Å². The van der Waals surface area contributed by atoms with Gasteiger partial charge in [0.2, 0.25) is 7.85 Å². The minimum absolute atomic E-state index is 0.0581. The molecule has 8 nitrogen and oxygen atoms in total. The molecule has 0 spiro atoms. The van der Waals surface area contributed by atoms with Gasteiger partial charge in [-0.3, -0.25) is 14.4 Å². The van der Waals surface area contributed by atoms with Crippen molar-refractivity contribution < 1.29 is 28.4 Å². The zero-order valence-corrected chi connectivity index (χ0v) is 24.3. The maximum Gasteiger partial charge on any atom is 0.336 e. The predicted octanol–water partition coefficient (Wildman–Crippen LogP) is 4.67. The summed E-state index contributed by atoms with van der Waals surface area (Å²) in [6, 6.07) is 9.46. The van der Waals surface area contributed by atoms with Gasteiger partial charge in [-0.05, 0) is 55.3 Å². The fourth-order valence-corrected chi connectivity index (χ4v) is 6.46. The van der Waals surface area contributed by atoms with Crippen molar-refractivity contribution in [2.24, 2.45) is 11.8 Å². The van der Waals surface area contributed by atoms with Gasteiger partial charge in [-0.2, -0.15) is 0 Å². The van der Waals surface area contributed by atoms with Crippen LogP contribution in [-0.2, 0) is 30.1 Å².